The quantitative estimate of drug-likeness (QED) is 0.163. The Kier molecular flexibility index (Phi) is 7.86. The predicted molar refractivity (Wildman–Crippen MR) is 140 cm³/mol. The van der Waals surface area contributed by atoms with E-state index in [4.69, 9.17) is 0 Å². The van der Waals surface area contributed by atoms with Gasteiger partial charge >= 0.3 is 31.5 Å². The standard InChI is InChI=1S/C24H15F6N3O3S3/c25-37(26,34)31-22-7-1-16(2-8-22)19-13-20(17-3-9-23(10-4-17)32-38(27,28)35)15-21(14-19)18-5-11-24(12-6-18)33-39(29,30)36/h1-15H. The van der Waals surface area contributed by atoms with Crippen molar-refractivity contribution < 1.29 is 35.9 Å². The van der Waals surface area contributed by atoms with Gasteiger partial charge in [0.1, 0.15) is 0 Å². The number of nitrogens with zero attached hydrogens (tertiary/aromatic N) is 3. The fourth-order valence-corrected chi connectivity index (χ4v) is 4.74. The van der Waals surface area contributed by atoms with Crippen LogP contribution in [0.2, 0.25) is 0 Å². The lowest BCUT2D eigenvalue weighted by Gasteiger charge is -2.12. The van der Waals surface area contributed by atoms with Gasteiger partial charge in [-0.15, -0.1) is 13.1 Å². The van der Waals surface area contributed by atoms with Crippen molar-refractivity contribution in [2.24, 2.45) is 13.1 Å². The Hall–Kier alpha value is -3.69. The van der Waals surface area contributed by atoms with E-state index >= 15 is 0 Å². The van der Waals surface area contributed by atoms with Gasteiger partial charge in [-0.3, -0.25) is 0 Å². The van der Waals surface area contributed by atoms with Crippen LogP contribution in [0.25, 0.3) is 33.4 Å². The van der Waals surface area contributed by atoms with Crippen molar-refractivity contribution in [3.63, 3.8) is 0 Å². The summed E-state index contributed by atoms with van der Waals surface area (Å²) < 4.78 is 117. The average molecular weight is 604 g/mol. The Bertz CT molecular complexity index is 1650. The molecule has 0 spiro atoms. The van der Waals surface area contributed by atoms with E-state index in [1.54, 1.807) is 18.2 Å². The van der Waals surface area contributed by atoms with E-state index in [9.17, 15) is 35.9 Å². The van der Waals surface area contributed by atoms with Gasteiger partial charge in [-0.05, 0) is 88.0 Å². The maximum Gasteiger partial charge on any atom is 0.371 e. The lowest BCUT2D eigenvalue weighted by atomic mass is 9.93. The molecular weight excluding hydrogens is 588 g/mol. The number of benzene rings is 4. The average Bonchev–Trinajstić information content (AvgIpc) is 2.82. The van der Waals surface area contributed by atoms with Crippen LogP contribution >= 0.6 is 0 Å². The molecule has 0 fully saturated rings. The topological polar surface area (TPSA) is 88.3 Å². The van der Waals surface area contributed by atoms with Crippen LogP contribution in [0.5, 0.6) is 0 Å². The highest BCUT2D eigenvalue weighted by atomic mass is 32.3. The van der Waals surface area contributed by atoms with Gasteiger partial charge in [-0.25, -0.2) is 0 Å². The van der Waals surface area contributed by atoms with Crippen molar-refractivity contribution >= 4 is 48.6 Å². The minimum Gasteiger partial charge on any atom is -0.180 e. The third-order valence-electron chi connectivity index (χ3n) is 5.17. The summed E-state index contributed by atoms with van der Waals surface area (Å²) in [4.78, 5) is 0. The zero-order valence-electron chi connectivity index (χ0n) is 19.2. The van der Waals surface area contributed by atoms with E-state index in [2.05, 4.69) is 13.1 Å². The molecule has 0 radical (unpaired) electrons. The Morgan fingerprint density at radius 1 is 0.359 bits per heavy atom. The molecule has 6 nitrogen and oxygen atoms in total. The third-order valence-corrected chi connectivity index (χ3v) is 6.44. The van der Waals surface area contributed by atoms with Crippen molar-refractivity contribution in [2.75, 3.05) is 0 Å². The summed E-state index contributed by atoms with van der Waals surface area (Å²) >= 11 is 0. The predicted octanol–water partition coefficient (Wildman–Crippen LogP) is 9.29. The van der Waals surface area contributed by atoms with E-state index in [0.717, 1.165) is 0 Å². The maximum atomic E-state index is 12.8. The van der Waals surface area contributed by atoms with Gasteiger partial charge in [-0.2, -0.15) is 12.6 Å². The first-order valence-corrected chi connectivity index (χ1v) is 14.5. The fourth-order valence-electron chi connectivity index (χ4n) is 3.64. The zero-order valence-corrected chi connectivity index (χ0v) is 21.7. The number of halogens is 6. The molecule has 4 rings (SSSR count). The van der Waals surface area contributed by atoms with Gasteiger partial charge in [0.25, 0.3) is 0 Å². The van der Waals surface area contributed by atoms with Crippen LogP contribution < -0.4 is 0 Å². The second-order valence-corrected chi connectivity index (χ2v) is 10.8. The molecule has 0 unspecified atom stereocenters. The third kappa shape index (κ3) is 8.40. The summed E-state index contributed by atoms with van der Waals surface area (Å²) in [5.41, 5.74) is 2.85. The Balaban J connectivity index is 1.83. The van der Waals surface area contributed by atoms with Gasteiger partial charge in [0.05, 0.1) is 17.1 Å². The molecule has 0 heterocycles. The van der Waals surface area contributed by atoms with Gasteiger partial charge in [0.2, 0.25) is 0 Å². The lowest BCUT2D eigenvalue weighted by molar-refractivity contribution is 0.586. The SMILES string of the molecule is O=S(F)(F)=Nc1ccc(-c2cc(-c3ccc(N=S(=O)(F)F)cc3)cc(-c3ccc(N=S(=O)(F)F)cc3)c2)cc1. The number of rotatable bonds is 6. The summed E-state index contributed by atoms with van der Waals surface area (Å²) in [6.45, 7) is 0. The molecule has 0 amide bonds. The molecule has 0 atom stereocenters. The van der Waals surface area contributed by atoms with Gasteiger partial charge in [0.15, 0.2) is 0 Å². The molecule has 0 aromatic heterocycles. The maximum absolute atomic E-state index is 12.8. The van der Waals surface area contributed by atoms with Crippen molar-refractivity contribution in [3.8, 4) is 33.4 Å². The number of hydrogen-bond acceptors (Lipinski definition) is 6. The smallest absolute Gasteiger partial charge is 0.180 e. The van der Waals surface area contributed by atoms with E-state index in [0.29, 0.717) is 33.4 Å². The molecule has 4 aromatic carbocycles. The van der Waals surface area contributed by atoms with Crippen molar-refractivity contribution in [1.82, 2.24) is 0 Å². The minimum absolute atomic E-state index is 0.196. The summed E-state index contributed by atoms with van der Waals surface area (Å²) in [6.07, 6.45) is 0. The summed E-state index contributed by atoms with van der Waals surface area (Å²) in [5, 5.41) is 0. The first-order valence-electron chi connectivity index (χ1n) is 10.6. The normalized spacial score (nSPS) is 12.2. The van der Waals surface area contributed by atoms with E-state index in [-0.39, 0.29) is 17.1 Å². The van der Waals surface area contributed by atoms with Crippen molar-refractivity contribution in [3.05, 3.63) is 91.0 Å². The molecule has 0 bridgehead atoms. The Labute approximate surface area is 221 Å². The van der Waals surface area contributed by atoms with Crippen LogP contribution in [0.1, 0.15) is 0 Å². The van der Waals surface area contributed by atoms with Crippen LogP contribution in [-0.2, 0) is 31.5 Å². The molecule has 0 saturated heterocycles. The molecule has 39 heavy (non-hydrogen) atoms. The molecular formula is C24H15F6N3O3S3. The lowest BCUT2D eigenvalue weighted by Crippen LogP contribution is -1.86. The van der Waals surface area contributed by atoms with E-state index in [1.165, 1.54) is 72.8 Å². The first kappa shape index (κ1) is 28.3. The largest absolute Gasteiger partial charge is 0.371 e. The highest BCUT2D eigenvalue weighted by molar-refractivity contribution is 7.84. The highest BCUT2D eigenvalue weighted by Crippen LogP contribution is 2.35. The monoisotopic (exact) mass is 603 g/mol. The Morgan fingerprint density at radius 2 is 0.564 bits per heavy atom. The molecule has 15 heteroatoms. The molecule has 0 aliphatic carbocycles. The van der Waals surface area contributed by atoms with E-state index in [1.807, 2.05) is 0 Å². The molecule has 204 valence electrons. The minimum atomic E-state index is -5.34. The van der Waals surface area contributed by atoms with Crippen LogP contribution in [-0.4, -0.2) is 12.6 Å². The van der Waals surface area contributed by atoms with Crippen LogP contribution in [0.15, 0.2) is 104 Å². The van der Waals surface area contributed by atoms with Gasteiger partial charge in [-0.1, -0.05) is 59.7 Å². The first-order chi connectivity index (χ1) is 18.1. The summed E-state index contributed by atoms with van der Waals surface area (Å²) in [7, 11) is -16.0. The summed E-state index contributed by atoms with van der Waals surface area (Å²) in [6, 6.07) is 21.6. The van der Waals surface area contributed by atoms with Gasteiger partial charge in [0, 0.05) is 0 Å². The zero-order chi connectivity index (χ0) is 28.4. The molecule has 0 aliphatic heterocycles. The second-order valence-electron chi connectivity index (χ2n) is 7.90. The fraction of sp³-hybridized carbons (Fsp3) is 0. The molecule has 0 N–H and O–H groups in total. The van der Waals surface area contributed by atoms with Crippen LogP contribution in [0.4, 0.5) is 40.4 Å². The second kappa shape index (κ2) is 10.8. The van der Waals surface area contributed by atoms with Crippen molar-refractivity contribution in [2.45, 2.75) is 0 Å². The highest BCUT2D eigenvalue weighted by Gasteiger charge is 2.10. The molecule has 4 aromatic rings. The van der Waals surface area contributed by atoms with Crippen molar-refractivity contribution in [1.29, 1.82) is 0 Å². The Morgan fingerprint density at radius 3 is 0.744 bits per heavy atom. The number of hydrogen-bond donors (Lipinski definition) is 0. The van der Waals surface area contributed by atoms with Crippen LogP contribution in [0.3, 0.4) is 0 Å². The van der Waals surface area contributed by atoms with Gasteiger partial charge < -0.3 is 0 Å². The molecule has 0 saturated carbocycles. The summed E-state index contributed by atoms with van der Waals surface area (Å²) in [5.74, 6) is 0. The van der Waals surface area contributed by atoms with Crippen LogP contribution in [0, 0.1) is 0 Å². The van der Waals surface area contributed by atoms with E-state index < -0.39 is 31.5 Å². The molecule has 0 aliphatic rings.